The summed E-state index contributed by atoms with van der Waals surface area (Å²) in [4.78, 5) is 12.6. The Kier molecular flexibility index (Phi) is 4.78. The average molecular weight is 280 g/mol. The van der Waals surface area contributed by atoms with Crippen LogP contribution in [0.25, 0.3) is 0 Å². The van der Waals surface area contributed by atoms with Gasteiger partial charge in [-0.15, -0.1) is 23.5 Å². The first-order valence-corrected chi connectivity index (χ1v) is 7.87. The Balaban J connectivity index is 2.17. The fourth-order valence-electron chi connectivity index (χ4n) is 1.83. The van der Waals surface area contributed by atoms with Crippen molar-refractivity contribution in [1.29, 1.82) is 0 Å². The molecule has 1 atom stereocenters. The van der Waals surface area contributed by atoms with Crippen molar-refractivity contribution in [2.24, 2.45) is 0 Å². The fraction of sp³-hybridized carbons (Fsp3) is 0.357. The van der Waals surface area contributed by atoms with Crippen LogP contribution in [0.4, 0.5) is 0 Å². The maximum Gasteiger partial charge on any atom is 0.337 e. The molecule has 0 bridgehead atoms. The zero-order valence-electron chi connectivity index (χ0n) is 10.3. The van der Waals surface area contributed by atoms with Gasteiger partial charge in [0.05, 0.1) is 17.9 Å². The number of hydrogen-bond donors (Lipinski definition) is 0. The maximum absolute atomic E-state index is 11.4. The van der Waals surface area contributed by atoms with Crippen molar-refractivity contribution >= 4 is 29.5 Å². The molecule has 1 aromatic carbocycles. The topological polar surface area (TPSA) is 26.3 Å². The predicted molar refractivity (Wildman–Crippen MR) is 79.2 cm³/mol. The van der Waals surface area contributed by atoms with Crippen molar-refractivity contribution in [1.82, 2.24) is 0 Å². The van der Waals surface area contributed by atoms with Gasteiger partial charge in [-0.05, 0) is 40.5 Å². The molecule has 96 valence electrons. The van der Waals surface area contributed by atoms with Crippen LogP contribution in [0.5, 0.6) is 0 Å². The number of ether oxygens (including phenoxy) is 1. The van der Waals surface area contributed by atoms with E-state index in [2.05, 4.69) is 6.58 Å². The Morgan fingerprint density at radius 1 is 1.33 bits per heavy atom. The molecule has 4 heteroatoms. The molecule has 1 aliphatic heterocycles. The standard InChI is InChI=1S/C14H16O2S2/c1-10-13(18-9-3-8-17-10)11-4-6-12(7-5-11)14(15)16-2/h4-7,13H,1,3,8-9H2,2H3. The second kappa shape index (κ2) is 6.34. The number of carbonyl (C=O) groups is 1. The van der Waals surface area contributed by atoms with E-state index in [1.807, 2.05) is 47.8 Å². The lowest BCUT2D eigenvalue weighted by Gasteiger charge is -2.16. The molecule has 1 aliphatic rings. The highest BCUT2D eigenvalue weighted by atomic mass is 32.2. The van der Waals surface area contributed by atoms with Crippen LogP contribution in [-0.4, -0.2) is 24.6 Å². The molecule has 1 heterocycles. The van der Waals surface area contributed by atoms with Gasteiger partial charge in [0, 0.05) is 0 Å². The summed E-state index contributed by atoms with van der Waals surface area (Å²) >= 11 is 3.78. The van der Waals surface area contributed by atoms with Gasteiger partial charge in [-0.1, -0.05) is 18.7 Å². The van der Waals surface area contributed by atoms with Gasteiger partial charge in [0.1, 0.15) is 0 Å². The number of carbonyl (C=O) groups excluding carboxylic acids is 1. The minimum absolute atomic E-state index is 0.289. The molecule has 0 radical (unpaired) electrons. The van der Waals surface area contributed by atoms with E-state index in [1.165, 1.54) is 24.0 Å². The first-order valence-electron chi connectivity index (χ1n) is 5.84. The first kappa shape index (κ1) is 13.6. The quantitative estimate of drug-likeness (QED) is 0.768. The molecule has 0 aliphatic carbocycles. The van der Waals surface area contributed by atoms with Gasteiger partial charge in [-0.2, -0.15) is 0 Å². The third kappa shape index (κ3) is 3.12. The summed E-state index contributed by atoms with van der Waals surface area (Å²) in [6, 6.07) is 7.65. The average Bonchev–Trinajstić information content (AvgIpc) is 2.63. The largest absolute Gasteiger partial charge is 0.465 e. The molecule has 0 N–H and O–H groups in total. The lowest BCUT2D eigenvalue weighted by molar-refractivity contribution is 0.0600. The highest BCUT2D eigenvalue weighted by Crippen LogP contribution is 2.43. The molecule has 18 heavy (non-hydrogen) atoms. The van der Waals surface area contributed by atoms with Gasteiger partial charge in [0.15, 0.2) is 0 Å². The smallest absolute Gasteiger partial charge is 0.337 e. The van der Waals surface area contributed by atoms with Crippen LogP contribution in [0.2, 0.25) is 0 Å². The summed E-state index contributed by atoms with van der Waals surface area (Å²) in [6.07, 6.45) is 1.23. The maximum atomic E-state index is 11.4. The van der Waals surface area contributed by atoms with Crippen molar-refractivity contribution < 1.29 is 9.53 Å². The minimum atomic E-state index is -0.289. The Morgan fingerprint density at radius 3 is 2.72 bits per heavy atom. The van der Waals surface area contributed by atoms with Crippen LogP contribution in [0, 0.1) is 0 Å². The molecule has 2 nitrogen and oxygen atoms in total. The third-order valence-corrected chi connectivity index (χ3v) is 5.45. The normalized spacial score (nSPS) is 20.3. The summed E-state index contributed by atoms with van der Waals surface area (Å²) in [6.45, 7) is 4.16. The first-order chi connectivity index (χ1) is 8.72. The number of methoxy groups -OCH3 is 1. The lowest BCUT2D eigenvalue weighted by Crippen LogP contribution is -2.02. The van der Waals surface area contributed by atoms with Crippen LogP contribution >= 0.6 is 23.5 Å². The van der Waals surface area contributed by atoms with E-state index < -0.39 is 0 Å². The van der Waals surface area contributed by atoms with Crippen molar-refractivity contribution in [3.05, 3.63) is 46.9 Å². The van der Waals surface area contributed by atoms with Gasteiger partial charge in [-0.25, -0.2) is 4.79 Å². The van der Waals surface area contributed by atoms with Gasteiger partial charge in [0.2, 0.25) is 0 Å². The fourth-order valence-corrected chi connectivity index (χ4v) is 4.34. The van der Waals surface area contributed by atoms with Crippen LogP contribution in [0.1, 0.15) is 27.6 Å². The lowest BCUT2D eigenvalue weighted by atomic mass is 10.1. The molecule has 1 fully saturated rings. The summed E-state index contributed by atoms with van der Waals surface area (Å²) in [5.74, 6) is 2.03. The molecule has 2 rings (SSSR count). The van der Waals surface area contributed by atoms with Gasteiger partial charge >= 0.3 is 5.97 Å². The van der Waals surface area contributed by atoms with Gasteiger partial charge in [-0.3, -0.25) is 0 Å². The highest BCUT2D eigenvalue weighted by Gasteiger charge is 2.19. The van der Waals surface area contributed by atoms with Crippen LogP contribution in [-0.2, 0) is 4.74 Å². The van der Waals surface area contributed by atoms with E-state index in [-0.39, 0.29) is 5.97 Å². The van der Waals surface area contributed by atoms with E-state index in [9.17, 15) is 4.79 Å². The van der Waals surface area contributed by atoms with E-state index in [0.29, 0.717) is 10.8 Å². The number of benzene rings is 1. The number of rotatable bonds is 2. The van der Waals surface area contributed by atoms with E-state index in [0.717, 1.165) is 11.5 Å². The molecular weight excluding hydrogens is 264 g/mol. The Morgan fingerprint density at radius 2 is 2.06 bits per heavy atom. The van der Waals surface area contributed by atoms with E-state index >= 15 is 0 Å². The minimum Gasteiger partial charge on any atom is -0.465 e. The van der Waals surface area contributed by atoms with Crippen molar-refractivity contribution in [2.45, 2.75) is 11.7 Å². The van der Waals surface area contributed by atoms with Crippen LogP contribution < -0.4 is 0 Å². The van der Waals surface area contributed by atoms with Crippen molar-refractivity contribution in [3.63, 3.8) is 0 Å². The number of hydrogen-bond acceptors (Lipinski definition) is 4. The van der Waals surface area contributed by atoms with Crippen LogP contribution in [0.15, 0.2) is 35.7 Å². The highest BCUT2D eigenvalue weighted by molar-refractivity contribution is 8.06. The van der Waals surface area contributed by atoms with Crippen molar-refractivity contribution in [2.75, 3.05) is 18.6 Å². The molecule has 0 aromatic heterocycles. The molecule has 0 amide bonds. The predicted octanol–water partition coefficient (Wildman–Crippen LogP) is 3.90. The molecule has 1 unspecified atom stereocenters. The summed E-state index contributed by atoms with van der Waals surface area (Å²) in [5, 5.41) is 0.337. The SMILES string of the molecule is C=C1SCCCSC1c1ccc(C(=O)OC)cc1. The Bertz CT molecular complexity index is 440. The van der Waals surface area contributed by atoms with E-state index in [1.54, 1.807) is 0 Å². The van der Waals surface area contributed by atoms with Crippen molar-refractivity contribution in [3.8, 4) is 0 Å². The molecule has 1 saturated heterocycles. The second-order valence-electron chi connectivity index (χ2n) is 4.03. The molecule has 0 saturated carbocycles. The number of thioether (sulfide) groups is 2. The zero-order chi connectivity index (χ0) is 13.0. The summed E-state index contributed by atoms with van der Waals surface area (Å²) in [7, 11) is 1.40. The van der Waals surface area contributed by atoms with Gasteiger partial charge < -0.3 is 4.74 Å². The molecule has 1 aromatic rings. The summed E-state index contributed by atoms with van der Waals surface area (Å²) in [5.41, 5.74) is 1.81. The van der Waals surface area contributed by atoms with Gasteiger partial charge in [0.25, 0.3) is 0 Å². The third-order valence-electron chi connectivity index (χ3n) is 2.79. The Hall–Kier alpha value is -0.870. The molecule has 0 spiro atoms. The van der Waals surface area contributed by atoms with Crippen LogP contribution in [0.3, 0.4) is 0 Å². The Labute approximate surface area is 116 Å². The monoisotopic (exact) mass is 280 g/mol. The number of esters is 1. The molecular formula is C14H16O2S2. The van der Waals surface area contributed by atoms with E-state index in [4.69, 9.17) is 4.74 Å². The second-order valence-corrected chi connectivity index (χ2v) is 6.47. The summed E-state index contributed by atoms with van der Waals surface area (Å²) < 4.78 is 4.70. The zero-order valence-corrected chi connectivity index (χ0v) is 12.0.